The van der Waals surface area contributed by atoms with Gasteiger partial charge in [-0.05, 0) is 32.9 Å². The third kappa shape index (κ3) is 2.51. The zero-order valence-corrected chi connectivity index (χ0v) is 8.94. The molecule has 0 unspecified atom stereocenters. The van der Waals surface area contributed by atoms with Crippen LogP contribution in [0.2, 0.25) is 0 Å². The molecule has 1 fully saturated rings. The molecule has 0 N–H and O–H groups in total. The van der Waals surface area contributed by atoms with Crippen LogP contribution in [-0.4, -0.2) is 23.0 Å². The lowest BCUT2D eigenvalue weighted by Gasteiger charge is -2.25. The van der Waals surface area contributed by atoms with Gasteiger partial charge < -0.3 is 0 Å². The zero-order chi connectivity index (χ0) is 9.10. The van der Waals surface area contributed by atoms with Gasteiger partial charge in [-0.25, -0.2) is 4.98 Å². The maximum atomic E-state index is 4.27. The largest absolute Gasteiger partial charge is 0.298 e. The van der Waals surface area contributed by atoms with Crippen molar-refractivity contribution in [1.82, 2.24) is 9.88 Å². The average molecular weight is 196 g/mol. The van der Waals surface area contributed by atoms with Gasteiger partial charge in [-0.1, -0.05) is 6.42 Å². The van der Waals surface area contributed by atoms with Crippen molar-refractivity contribution in [2.45, 2.75) is 32.7 Å². The molecule has 13 heavy (non-hydrogen) atoms. The first kappa shape index (κ1) is 9.16. The third-order valence-corrected chi connectivity index (χ3v) is 3.39. The highest BCUT2D eigenvalue weighted by atomic mass is 32.1. The number of rotatable bonds is 2. The molecule has 1 aromatic rings. The lowest BCUT2D eigenvalue weighted by molar-refractivity contribution is 0.222. The molecule has 0 aromatic carbocycles. The van der Waals surface area contributed by atoms with Crippen molar-refractivity contribution in [1.29, 1.82) is 0 Å². The first-order valence-corrected chi connectivity index (χ1v) is 5.80. The highest BCUT2D eigenvalue weighted by Gasteiger charge is 2.11. The van der Waals surface area contributed by atoms with Crippen molar-refractivity contribution in [2.24, 2.45) is 0 Å². The number of hydrogen-bond donors (Lipinski definition) is 0. The SMILES string of the molecule is Cc1ncc(CN2CCCCC2)s1. The summed E-state index contributed by atoms with van der Waals surface area (Å²) in [6, 6.07) is 0. The van der Waals surface area contributed by atoms with Crippen LogP contribution in [0, 0.1) is 6.92 Å². The molecule has 3 heteroatoms. The van der Waals surface area contributed by atoms with Gasteiger partial charge in [0.05, 0.1) is 5.01 Å². The standard InChI is InChI=1S/C10H16N2S/c1-9-11-7-10(13-9)8-12-5-3-2-4-6-12/h7H,2-6,8H2,1H3. The number of likely N-dealkylation sites (tertiary alicyclic amines) is 1. The molecule has 0 amide bonds. The monoisotopic (exact) mass is 196 g/mol. The molecule has 0 bridgehead atoms. The van der Waals surface area contributed by atoms with Gasteiger partial charge in [-0.2, -0.15) is 0 Å². The van der Waals surface area contributed by atoms with Crippen LogP contribution in [0.1, 0.15) is 29.1 Å². The summed E-state index contributed by atoms with van der Waals surface area (Å²) in [5, 5.41) is 1.19. The normalized spacial score (nSPS) is 19.2. The van der Waals surface area contributed by atoms with E-state index in [0.717, 1.165) is 6.54 Å². The average Bonchev–Trinajstić information content (AvgIpc) is 2.53. The summed E-state index contributed by atoms with van der Waals surface area (Å²) in [7, 11) is 0. The molecular weight excluding hydrogens is 180 g/mol. The van der Waals surface area contributed by atoms with E-state index < -0.39 is 0 Å². The Bertz CT molecular complexity index is 264. The van der Waals surface area contributed by atoms with Gasteiger partial charge in [-0.15, -0.1) is 11.3 Å². The number of aromatic nitrogens is 1. The summed E-state index contributed by atoms with van der Waals surface area (Å²) in [5.74, 6) is 0. The van der Waals surface area contributed by atoms with E-state index in [4.69, 9.17) is 0 Å². The Morgan fingerprint density at radius 2 is 2.15 bits per heavy atom. The molecule has 1 aliphatic heterocycles. The molecule has 1 saturated heterocycles. The Labute approximate surface area is 83.6 Å². The van der Waals surface area contributed by atoms with Gasteiger partial charge in [0.25, 0.3) is 0 Å². The number of aryl methyl sites for hydroxylation is 1. The van der Waals surface area contributed by atoms with Crippen LogP contribution in [-0.2, 0) is 6.54 Å². The van der Waals surface area contributed by atoms with E-state index in [9.17, 15) is 0 Å². The Morgan fingerprint density at radius 3 is 2.77 bits per heavy atom. The molecule has 2 rings (SSSR count). The number of piperidine rings is 1. The molecule has 72 valence electrons. The molecule has 0 atom stereocenters. The minimum Gasteiger partial charge on any atom is -0.298 e. The van der Waals surface area contributed by atoms with E-state index in [1.54, 1.807) is 0 Å². The molecule has 0 aliphatic carbocycles. The smallest absolute Gasteiger partial charge is 0.0897 e. The fourth-order valence-electron chi connectivity index (χ4n) is 1.82. The quantitative estimate of drug-likeness (QED) is 0.722. The van der Waals surface area contributed by atoms with Gasteiger partial charge in [-0.3, -0.25) is 4.90 Å². The second-order valence-corrected chi connectivity index (χ2v) is 5.00. The second-order valence-electron chi connectivity index (χ2n) is 3.68. The highest BCUT2D eigenvalue weighted by Crippen LogP contribution is 2.17. The number of thiazole rings is 1. The van der Waals surface area contributed by atoms with Crippen molar-refractivity contribution in [3.8, 4) is 0 Å². The minimum atomic E-state index is 1.12. The van der Waals surface area contributed by atoms with Gasteiger partial charge in [0.2, 0.25) is 0 Å². The van der Waals surface area contributed by atoms with Crippen LogP contribution >= 0.6 is 11.3 Å². The molecule has 0 saturated carbocycles. The molecule has 1 aromatic heterocycles. The van der Waals surface area contributed by atoms with Crippen LogP contribution in [0.5, 0.6) is 0 Å². The lowest BCUT2D eigenvalue weighted by Crippen LogP contribution is -2.28. The van der Waals surface area contributed by atoms with E-state index in [1.807, 2.05) is 17.5 Å². The van der Waals surface area contributed by atoms with Crippen molar-refractivity contribution in [3.05, 3.63) is 16.1 Å². The van der Waals surface area contributed by atoms with Crippen LogP contribution < -0.4 is 0 Å². The summed E-state index contributed by atoms with van der Waals surface area (Å²) in [6.45, 7) is 5.74. The highest BCUT2D eigenvalue weighted by molar-refractivity contribution is 7.11. The zero-order valence-electron chi connectivity index (χ0n) is 8.12. The van der Waals surface area contributed by atoms with Gasteiger partial charge in [0.15, 0.2) is 0 Å². The van der Waals surface area contributed by atoms with Crippen molar-refractivity contribution in [2.75, 3.05) is 13.1 Å². The molecule has 0 spiro atoms. The van der Waals surface area contributed by atoms with Crippen LogP contribution in [0.3, 0.4) is 0 Å². The fourth-order valence-corrected chi connectivity index (χ4v) is 2.65. The Balaban J connectivity index is 1.89. The predicted octanol–water partition coefficient (Wildman–Crippen LogP) is 2.44. The lowest BCUT2D eigenvalue weighted by atomic mass is 10.1. The van der Waals surface area contributed by atoms with Crippen molar-refractivity contribution < 1.29 is 0 Å². The van der Waals surface area contributed by atoms with Crippen LogP contribution in [0.4, 0.5) is 0 Å². The predicted molar refractivity (Wildman–Crippen MR) is 56.0 cm³/mol. The van der Waals surface area contributed by atoms with Gasteiger partial charge >= 0.3 is 0 Å². The second kappa shape index (κ2) is 4.20. The van der Waals surface area contributed by atoms with E-state index in [1.165, 1.54) is 42.2 Å². The summed E-state index contributed by atoms with van der Waals surface area (Å²) in [6.07, 6.45) is 6.18. The summed E-state index contributed by atoms with van der Waals surface area (Å²) in [4.78, 5) is 8.23. The summed E-state index contributed by atoms with van der Waals surface area (Å²) < 4.78 is 0. The Hall–Kier alpha value is -0.410. The molecule has 0 radical (unpaired) electrons. The maximum Gasteiger partial charge on any atom is 0.0897 e. The van der Waals surface area contributed by atoms with E-state index >= 15 is 0 Å². The molecule has 1 aliphatic rings. The summed E-state index contributed by atoms with van der Waals surface area (Å²) in [5.41, 5.74) is 0. The van der Waals surface area contributed by atoms with Crippen molar-refractivity contribution in [3.63, 3.8) is 0 Å². The van der Waals surface area contributed by atoms with Gasteiger partial charge in [0.1, 0.15) is 0 Å². The Morgan fingerprint density at radius 1 is 1.38 bits per heavy atom. The van der Waals surface area contributed by atoms with E-state index in [0.29, 0.717) is 0 Å². The first-order valence-electron chi connectivity index (χ1n) is 4.98. The molecule has 2 heterocycles. The Kier molecular flexibility index (Phi) is 2.96. The third-order valence-electron chi connectivity index (χ3n) is 2.50. The number of nitrogens with zero attached hydrogens (tertiary/aromatic N) is 2. The van der Waals surface area contributed by atoms with Gasteiger partial charge in [0, 0.05) is 17.6 Å². The fraction of sp³-hybridized carbons (Fsp3) is 0.700. The molecular formula is C10H16N2S. The van der Waals surface area contributed by atoms with E-state index in [2.05, 4.69) is 16.8 Å². The van der Waals surface area contributed by atoms with Crippen LogP contribution in [0.25, 0.3) is 0 Å². The minimum absolute atomic E-state index is 1.12. The maximum absolute atomic E-state index is 4.27. The first-order chi connectivity index (χ1) is 6.34. The molecule has 2 nitrogen and oxygen atoms in total. The number of hydrogen-bond acceptors (Lipinski definition) is 3. The topological polar surface area (TPSA) is 16.1 Å². The van der Waals surface area contributed by atoms with Crippen molar-refractivity contribution >= 4 is 11.3 Å². The van der Waals surface area contributed by atoms with E-state index in [-0.39, 0.29) is 0 Å². The van der Waals surface area contributed by atoms with Crippen LogP contribution in [0.15, 0.2) is 6.20 Å². The summed E-state index contributed by atoms with van der Waals surface area (Å²) >= 11 is 1.83.